The summed E-state index contributed by atoms with van der Waals surface area (Å²) in [5.74, 6) is 0.339. The van der Waals surface area contributed by atoms with Crippen LogP contribution in [0.15, 0.2) is 24.3 Å². The number of hydrogen-bond acceptors (Lipinski definition) is 2. The van der Waals surface area contributed by atoms with Crippen molar-refractivity contribution in [3.8, 4) is 0 Å². The lowest BCUT2D eigenvalue weighted by Gasteiger charge is -2.06. The van der Waals surface area contributed by atoms with Gasteiger partial charge in [0.1, 0.15) is 5.15 Å². The number of halogens is 2. The average Bonchev–Trinajstić information content (AvgIpc) is 2.69. The van der Waals surface area contributed by atoms with Crippen LogP contribution in [0.4, 0.5) is 0 Å². The maximum Gasteiger partial charge on any atom is 0.132 e. The Kier molecular flexibility index (Phi) is 4.86. The van der Waals surface area contributed by atoms with Crippen LogP contribution >= 0.6 is 23.2 Å². The van der Waals surface area contributed by atoms with Gasteiger partial charge in [0.25, 0.3) is 0 Å². The number of rotatable bonds is 5. The lowest BCUT2D eigenvalue weighted by molar-refractivity contribution is 0.180. The van der Waals surface area contributed by atoms with E-state index in [4.69, 9.17) is 27.9 Å². The highest BCUT2D eigenvalue weighted by molar-refractivity contribution is 6.31. The quantitative estimate of drug-likeness (QED) is 0.786. The van der Waals surface area contributed by atoms with Crippen molar-refractivity contribution < 1.29 is 4.74 Å². The van der Waals surface area contributed by atoms with Crippen LogP contribution in [0.3, 0.4) is 0 Å². The van der Waals surface area contributed by atoms with Gasteiger partial charge in [0.05, 0.1) is 24.7 Å². The molecule has 0 aliphatic heterocycles. The standard InChI is InChI=1S/C14H16Cl2N2O/c1-10-5-3-4-6-11(10)8-18-14(16)12(7-15)13(17-18)9-19-2/h3-6H,7-9H2,1-2H3. The monoisotopic (exact) mass is 298 g/mol. The van der Waals surface area contributed by atoms with Gasteiger partial charge >= 0.3 is 0 Å². The smallest absolute Gasteiger partial charge is 0.132 e. The van der Waals surface area contributed by atoms with Gasteiger partial charge in [-0.05, 0) is 18.1 Å². The predicted molar refractivity (Wildman–Crippen MR) is 77.8 cm³/mol. The van der Waals surface area contributed by atoms with Crippen LogP contribution in [0.1, 0.15) is 22.4 Å². The molecule has 0 bridgehead atoms. The predicted octanol–water partition coefficient (Wildman–Crippen LogP) is 3.78. The van der Waals surface area contributed by atoms with Crippen molar-refractivity contribution in [3.05, 3.63) is 51.8 Å². The van der Waals surface area contributed by atoms with E-state index in [1.165, 1.54) is 11.1 Å². The third-order valence-corrected chi connectivity index (χ3v) is 3.75. The molecule has 0 spiro atoms. The Balaban J connectivity index is 2.33. The molecule has 5 heteroatoms. The number of alkyl halides is 1. The highest BCUT2D eigenvalue weighted by atomic mass is 35.5. The fourth-order valence-electron chi connectivity index (χ4n) is 1.96. The van der Waals surface area contributed by atoms with Crippen LogP contribution in [0.25, 0.3) is 0 Å². The number of hydrogen-bond donors (Lipinski definition) is 0. The van der Waals surface area contributed by atoms with E-state index in [9.17, 15) is 0 Å². The first-order valence-electron chi connectivity index (χ1n) is 6.00. The highest BCUT2D eigenvalue weighted by Crippen LogP contribution is 2.24. The normalized spacial score (nSPS) is 10.9. The van der Waals surface area contributed by atoms with Gasteiger partial charge < -0.3 is 4.74 Å². The van der Waals surface area contributed by atoms with Gasteiger partial charge in [-0.3, -0.25) is 0 Å². The van der Waals surface area contributed by atoms with Crippen molar-refractivity contribution >= 4 is 23.2 Å². The molecule has 0 aliphatic carbocycles. The molecule has 0 atom stereocenters. The lowest BCUT2D eigenvalue weighted by Crippen LogP contribution is -2.04. The summed E-state index contributed by atoms with van der Waals surface area (Å²) >= 11 is 12.3. The first-order chi connectivity index (χ1) is 9.17. The molecule has 0 unspecified atom stereocenters. The van der Waals surface area contributed by atoms with Crippen molar-refractivity contribution in [2.75, 3.05) is 7.11 Å². The van der Waals surface area contributed by atoms with Gasteiger partial charge in [-0.25, -0.2) is 4.68 Å². The van der Waals surface area contributed by atoms with Crippen molar-refractivity contribution in [3.63, 3.8) is 0 Å². The summed E-state index contributed by atoms with van der Waals surface area (Å²) < 4.78 is 6.89. The molecule has 0 fully saturated rings. The summed E-state index contributed by atoms with van der Waals surface area (Å²) in [4.78, 5) is 0. The van der Waals surface area contributed by atoms with Crippen LogP contribution in [0, 0.1) is 6.92 Å². The molecule has 1 aromatic carbocycles. The van der Waals surface area contributed by atoms with Crippen molar-refractivity contribution in [2.24, 2.45) is 0 Å². The van der Waals surface area contributed by atoms with Gasteiger partial charge in [0, 0.05) is 12.7 Å². The van der Waals surface area contributed by atoms with E-state index in [-0.39, 0.29) is 0 Å². The molecular weight excluding hydrogens is 283 g/mol. The number of aromatic nitrogens is 2. The summed E-state index contributed by atoms with van der Waals surface area (Å²) in [6.07, 6.45) is 0. The minimum Gasteiger partial charge on any atom is -0.378 e. The Hall–Kier alpha value is -1.03. The van der Waals surface area contributed by atoms with Crippen LogP contribution in [0.5, 0.6) is 0 Å². The second-order valence-electron chi connectivity index (χ2n) is 4.37. The zero-order chi connectivity index (χ0) is 13.8. The summed E-state index contributed by atoms with van der Waals surface area (Å²) in [6.45, 7) is 3.13. The molecule has 0 saturated heterocycles. The van der Waals surface area contributed by atoms with E-state index in [1.807, 2.05) is 12.1 Å². The highest BCUT2D eigenvalue weighted by Gasteiger charge is 2.15. The van der Waals surface area contributed by atoms with Crippen LogP contribution in [-0.2, 0) is 23.8 Å². The Labute approximate surface area is 123 Å². The number of aryl methyl sites for hydroxylation is 1. The number of ether oxygens (including phenoxy) is 1. The van der Waals surface area contributed by atoms with Crippen LogP contribution in [-0.4, -0.2) is 16.9 Å². The maximum atomic E-state index is 6.33. The maximum absolute atomic E-state index is 6.33. The van der Waals surface area contributed by atoms with Gasteiger partial charge in [0.15, 0.2) is 0 Å². The second-order valence-corrected chi connectivity index (χ2v) is 4.99. The number of nitrogens with zero attached hydrogens (tertiary/aromatic N) is 2. The zero-order valence-electron chi connectivity index (χ0n) is 11.0. The van der Waals surface area contributed by atoms with Crippen molar-refractivity contribution in [2.45, 2.75) is 26.0 Å². The van der Waals surface area contributed by atoms with Crippen LogP contribution in [0.2, 0.25) is 5.15 Å². The molecule has 19 heavy (non-hydrogen) atoms. The molecule has 3 nitrogen and oxygen atoms in total. The molecule has 0 radical (unpaired) electrons. The number of benzene rings is 1. The molecule has 2 aromatic rings. The van der Waals surface area contributed by atoms with Gasteiger partial charge in [-0.2, -0.15) is 5.10 Å². The van der Waals surface area contributed by atoms with E-state index in [1.54, 1.807) is 11.8 Å². The van der Waals surface area contributed by atoms with Gasteiger partial charge in [-0.1, -0.05) is 35.9 Å². The Morgan fingerprint density at radius 3 is 2.68 bits per heavy atom. The van der Waals surface area contributed by atoms with Crippen molar-refractivity contribution in [1.29, 1.82) is 0 Å². The largest absolute Gasteiger partial charge is 0.378 e. The van der Waals surface area contributed by atoms with E-state index < -0.39 is 0 Å². The van der Waals surface area contributed by atoms with E-state index in [0.717, 1.165) is 11.3 Å². The van der Waals surface area contributed by atoms with Gasteiger partial charge in [-0.15, -0.1) is 11.6 Å². The zero-order valence-corrected chi connectivity index (χ0v) is 12.5. The first kappa shape index (κ1) is 14.4. The summed E-state index contributed by atoms with van der Waals surface area (Å²) in [7, 11) is 1.63. The third kappa shape index (κ3) is 3.11. The molecule has 0 aliphatic rings. The number of methoxy groups -OCH3 is 1. The van der Waals surface area contributed by atoms with Gasteiger partial charge in [0.2, 0.25) is 0 Å². The average molecular weight is 299 g/mol. The van der Waals surface area contributed by atoms with Crippen molar-refractivity contribution in [1.82, 2.24) is 9.78 Å². The minimum absolute atomic E-state index is 0.339. The molecule has 0 saturated carbocycles. The lowest BCUT2D eigenvalue weighted by atomic mass is 10.1. The molecule has 0 N–H and O–H groups in total. The molecule has 2 rings (SSSR count). The first-order valence-corrected chi connectivity index (χ1v) is 6.92. The molecule has 1 aromatic heterocycles. The molecule has 0 amide bonds. The third-order valence-electron chi connectivity index (χ3n) is 3.06. The fourth-order valence-corrected chi connectivity index (χ4v) is 2.59. The summed E-state index contributed by atoms with van der Waals surface area (Å²) in [5.41, 5.74) is 4.06. The second kappa shape index (κ2) is 6.42. The fraction of sp³-hybridized carbons (Fsp3) is 0.357. The van der Waals surface area contributed by atoms with E-state index in [0.29, 0.717) is 24.2 Å². The Morgan fingerprint density at radius 2 is 2.05 bits per heavy atom. The summed E-state index contributed by atoms with van der Waals surface area (Å²) in [5, 5.41) is 5.07. The summed E-state index contributed by atoms with van der Waals surface area (Å²) in [6, 6.07) is 8.18. The molecular formula is C14H16Cl2N2O. The SMILES string of the molecule is COCc1nn(Cc2ccccc2C)c(Cl)c1CCl. The Bertz CT molecular complexity index is 567. The topological polar surface area (TPSA) is 27.1 Å². The van der Waals surface area contributed by atoms with Crippen LogP contribution < -0.4 is 0 Å². The minimum atomic E-state index is 0.339. The molecule has 1 heterocycles. The van der Waals surface area contributed by atoms with E-state index in [2.05, 4.69) is 24.2 Å². The molecule has 102 valence electrons. The van der Waals surface area contributed by atoms with E-state index >= 15 is 0 Å². The Morgan fingerprint density at radius 1 is 1.32 bits per heavy atom.